The highest BCUT2D eigenvalue weighted by Crippen LogP contribution is 2.25. The largest absolute Gasteiger partial charge is 0.493 e. The van der Waals surface area contributed by atoms with Crippen molar-refractivity contribution in [2.75, 3.05) is 0 Å². The molecule has 25 heavy (non-hydrogen) atoms. The number of aromatic nitrogens is 2. The highest BCUT2D eigenvalue weighted by molar-refractivity contribution is 6.04. The fraction of sp³-hybridized carbons (Fsp3) is 0.105. The first-order chi connectivity index (χ1) is 12.2. The van der Waals surface area contributed by atoms with Gasteiger partial charge in [-0.25, -0.2) is 10.1 Å². The molecule has 0 radical (unpaired) electrons. The minimum atomic E-state index is -0.0599. The summed E-state index contributed by atoms with van der Waals surface area (Å²) in [5.41, 5.74) is 6.70. The average Bonchev–Trinajstić information content (AvgIpc) is 3.05. The lowest BCUT2D eigenvalue weighted by molar-refractivity contribution is -0.121. The van der Waals surface area contributed by atoms with Gasteiger partial charge >= 0.3 is 0 Å². The Morgan fingerprint density at radius 2 is 1.72 bits per heavy atom. The molecule has 1 aliphatic heterocycles. The maximum atomic E-state index is 11.2. The number of carbonyl (C=O) groups excluding carboxylic acids is 1. The molecule has 6 heteroatoms. The summed E-state index contributed by atoms with van der Waals surface area (Å²) in [7, 11) is 0. The van der Waals surface area contributed by atoms with Crippen LogP contribution in [0.25, 0.3) is 16.9 Å². The Labute approximate surface area is 144 Å². The summed E-state index contributed by atoms with van der Waals surface area (Å²) < 4.78 is 1.50. The Hall–Kier alpha value is -3.41. The number of amides is 1. The van der Waals surface area contributed by atoms with Crippen LogP contribution >= 0.6 is 0 Å². The van der Waals surface area contributed by atoms with Crippen LogP contribution in [0, 0.1) is 0 Å². The first-order valence-electron chi connectivity index (χ1n) is 8.01. The van der Waals surface area contributed by atoms with E-state index in [0.717, 1.165) is 22.5 Å². The number of nitrogens with one attached hydrogen (secondary N) is 1. The Morgan fingerprint density at radius 1 is 0.960 bits per heavy atom. The van der Waals surface area contributed by atoms with E-state index in [-0.39, 0.29) is 11.8 Å². The van der Waals surface area contributed by atoms with Gasteiger partial charge in [-0.15, -0.1) is 0 Å². The van der Waals surface area contributed by atoms with Gasteiger partial charge in [0.1, 0.15) is 0 Å². The Bertz CT molecular complexity index is 943. The molecule has 3 aromatic rings. The summed E-state index contributed by atoms with van der Waals surface area (Å²) in [6.07, 6.45) is 1.07. The van der Waals surface area contributed by atoms with Gasteiger partial charge in [-0.2, -0.15) is 10.2 Å². The Morgan fingerprint density at radius 3 is 2.40 bits per heavy atom. The zero-order valence-corrected chi connectivity index (χ0v) is 13.4. The molecule has 1 aliphatic rings. The number of hydrazone groups is 1. The van der Waals surface area contributed by atoms with Gasteiger partial charge < -0.3 is 5.11 Å². The first kappa shape index (κ1) is 15.1. The summed E-state index contributed by atoms with van der Waals surface area (Å²) in [5, 5.41) is 18.8. The molecular weight excluding hydrogens is 316 g/mol. The maximum absolute atomic E-state index is 11.2. The van der Waals surface area contributed by atoms with Gasteiger partial charge in [0.05, 0.1) is 17.1 Å². The Balaban J connectivity index is 1.63. The fourth-order valence-corrected chi connectivity index (χ4v) is 2.79. The Kier molecular flexibility index (Phi) is 3.78. The van der Waals surface area contributed by atoms with Crippen molar-refractivity contribution in [3.05, 3.63) is 66.2 Å². The van der Waals surface area contributed by atoms with Gasteiger partial charge in [0.2, 0.25) is 11.8 Å². The van der Waals surface area contributed by atoms with Crippen molar-refractivity contribution in [2.24, 2.45) is 5.10 Å². The van der Waals surface area contributed by atoms with Crippen molar-refractivity contribution in [2.45, 2.75) is 12.8 Å². The molecule has 0 saturated heterocycles. The van der Waals surface area contributed by atoms with Crippen molar-refractivity contribution >= 4 is 11.6 Å². The van der Waals surface area contributed by atoms with Gasteiger partial charge in [-0.3, -0.25) is 4.79 Å². The molecule has 0 fully saturated rings. The molecule has 0 saturated carbocycles. The van der Waals surface area contributed by atoms with Gasteiger partial charge in [0, 0.05) is 24.5 Å². The van der Waals surface area contributed by atoms with E-state index in [9.17, 15) is 9.90 Å². The van der Waals surface area contributed by atoms with E-state index >= 15 is 0 Å². The molecular formula is C19H16N4O2. The molecule has 2 aromatic carbocycles. The third kappa shape index (κ3) is 3.01. The molecule has 0 bridgehead atoms. The van der Waals surface area contributed by atoms with Crippen LogP contribution in [0.5, 0.6) is 5.88 Å². The number of rotatable bonds is 3. The summed E-state index contributed by atoms with van der Waals surface area (Å²) in [6.45, 7) is 0. The fourth-order valence-electron chi connectivity index (χ4n) is 2.79. The normalized spacial score (nSPS) is 14.1. The predicted octanol–water partition coefficient (Wildman–Crippen LogP) is 2.86. The third-order valence-electron chi connectivity index (χ3n) is 4.11. The van der Waals surface area contributed by atoms with E-state index in [0.29, 0.717) is 18.5 Å². The molecule has 0 unspecified atom stereocenters. The quantitative estimate of drug-likeness (QED) is 0.774. The lowest BCUT2D eigenvalue weighted by Gasteiger charge is -2.12. The lowest BCUT2D eigenvalue weighted by atomic mass is 10.0. The second kappa shape index (κ2) is 6.24. The molecule has 1 aromatic heterocycles. The molecule has 4 rings (SSSR count). The third-order valence-corrected chi connectivity index (χ3v) is 4.11. The number of nitrogens with zero attached hydrogens (tertiary/aromatic N) is 3. The van der Waals surface area contributed by atoms with Gasteiger partial charge in [0.25, 0.3) is 0 Å². The van der Waals surface area contributed by atoms with Gasteiger partial charge in [0.15, 0.2) is 0 Å². The first-order valence-corrected chi connectivity index (χ1v) is 8.01. The topological polar surface area (TPSA) is 79.5 Å². The minimum absolute atomic E-state index is 0.0599. The number of hydrogen-bond acceptors (Lipinski definition) is 4. The molecule has 1 amide bonds. The highest BCUT2D eigenvalue weighted by atomic mass is 16.3. The molecule has 2 heterocycles. The van der Waals surface area contributed by atoms with Crippen LogP contribution in [0.4, 0.5) is 0 Å². The molecule has 2 N–H and O–H groups in total. The zero-order chi connectivity index (χ0) is 17.2. The van der Waals surface area contributed by atoms with Crippen LogP contribution in [-0.4, -0.2) is 26.5 Å². The minimum Gasteiger partial charge on any atom is -0.493 e. The monoisotopic (exact) mass is 332 g/mol. The highest BCUT2D eigenvalue weighted by Gasteiger charge is 2.14. The smallest absolute Gasteiger partial charge is 0.240 e. The van der Waals surface area contributed by atoms with Crippen molar-refractivity contribution in [3.63, 3.8) is 0 Å². The molecule has 6 nitrogen and oxygen atoms in total. The van der Waals surface area contributed by atoms with Crippen LogP contribution in [0.3, 0.4) is 0 Å². The van der Waals surface area contributed by atoms with E-state index < -0.39 is 0 Å². The summed E-state index contributed by atoms with van der Waals surface area (Å²) in [4.78, 5) is 11.2. The average molecular weight is 332 g/mol. The van der Waals surface area contributed by atoms with Crippen molar-refractivity contribution in [1.82, 2.24) is 15.2 Å². The molecule has 0 aliphatic carbocycles. The van der Waals surface area contributed by atoms with Crippen LogP contribution in [0.15, 0.2) is 65.8 Å². The van der Waals surface area contributed by atoms with E-state index in [1.165, 1.54) is 4.68 Å². The van der Waals surface area contributed by atoms with Crippen LogP contribution < -0.4 is 5.43 Å². The number of aromatic hydroxyl groups is 1. The summed E-state index contributed by atoms with van der Waals surface area (Å²) in [6, 6.07) is 18.9. The second-order valence-electron chi connectivity index (χ2n) is 5.81. The van der Waals surface area contributed by atoms with E-state index in [1.54, 1.807) is 6.07 Å². The van der Waals surface area contributed by atoms with Gasteiger partial charge in [-0.1, -0.05) is 42.5 Å². The zero-order valence-electron chi connectivity index (χ0n) is 13.4. The maximum Gasteiger partial charge on any atom is 0.240 e. The number of benzene rings is 2. The van der Waals surface area contributed by atoms with Crippen molar-refractivity contribution in [1.29, 1.82) is 0 Å². The molecule has 124 valence electrons. The van der Waals surface area contributed by atoms with Crippen molar-refractivity contribution < 1.29 is 9.90 Å². The van der Waals surface area contributed by atoms with E-state index in [2.05, 4.69) is 15.6 Å². The van der Waals surface area contributed by atoms with E-state index in [1.807, 2.05) is 54.6 Å². The number of carbonyl (C=O) groups is 1. The number of hydrogen-bond donors (Lipinski definition) is 2. The SMILES string of the molecule is O=C1CCC(c2ccc(-n3nc(-c4ccccc4)cc3O)cc2)=NN1. The lowest BCUT2D eigenvalue weighted by Crippen LogP contribution is -2.25. The summed E-state index contributed by atoms with van der Waals surface area (Å²) >= 11 is 0. The van der Waals surface area contributed by atoms with Crippen LogP contribution in [0.1, 0.15) is 18.4 Å². The predicted molar refractivity (Wildman–Crippen MR) is 94.6 cm³/mol. The second-order valence-corrected chi connectivity index (χ2v) is 5.81. The standard InChI is InChI=1S/C19H16N4O2/c24-18-11-10-16(20-21-18)14-6-8-15(9-7-14)23-19(25)12-17(22-23)13-4-2-1-3-5-13/h1-9,12,25H,10-11H2,(H,21,24). The van der Waals surface area contributed by atoms with E-state index in [4.69, 9.17) is 0 Å². The van der Waals surface area contributed by atoms with Crippen LogP contribution in [0.2, 0.25) is 0 Å². The molecule has 0 spiro atoms. The van der Waals surface area contributed by atoms with Crippen molar-refractivity contribution in [3.8, 4) is 22.8 Å². The summed E-state index contributed by atoms with van der Waals surface area (Å²) in [5.74, 6) is 0.0177. The molecule has 0 atom stereocenters. The van der Waals surface area contributed by atoms with Crippen LogP contribution in [-0.2, 0) is 4.79 Å². The van der Waals surface area contributed by atoms with Gasteiger partial charge in [-0.05, 0) is 17.7 Å².